The zero-order chi connectivity index (χ0) is 20.0. The Morgan fingerprint density at radius 1 is 1.26 bits per heavy atom. The summed E-state index contributed by atoms with van der Waals surface area (Å²) in [5, 5.41) is 15.0. The van der Waals surface area contributed by atoms with Crippen LogP contribution in [0.5, 0.6) is 0 Å². The van der Waals surface area contributed by atoms with Crippen LogP contribution in [0.15, 0.2) is 53.6 Å². The number of amides is 1. The normalized spacial score (nSPS) is 11.3. The number of para-hydroxylation sites is 1. The van der Waals surface area contributed by atoms with Crippen molar-refractivity contribution >= 4 is 45.1 Å². The van der Waals surface area contributed by atoms with E-state index in [4.69, 9.17) is 11.6 Å². The number of nitro groups is 1. The summed E-state index contributed by atoms with van der Waals surface area (Å²) in [6.07, 6.45) is 2.08. The highest BCUT2D eigenvalue weighted by atomic mass is 35.5. The molecule has 0 atom stereocenters. The van der Waals surface area contributed by atoms with Gasteiger partial charge in [-0.2, -0.15) is 5.10 Å². The van der Waals surface area contributed by atoms with E-state index in [1.54, 1.807) is 6.07 Å². The SMILES string of the molecule is CS(=O)(=O)N(CC(=O)N/N=C\c1ccccc1[N+](=O)[O-])c1ccc(Cl)cc1. The van der Waals surface area contributed by atoms with Gasteiger partial charge in [0.05, 0.1) is 28.6 Å². The zero-order valence-corrected chi connectivity index (χ0v) is 15.6. The molecule has 27 heavy (non-hydrogen) atoms. The fraction of sp³-hybridized carbons (Fsp3) is 0.125. The second-order valence-electron chi connectivity index (χ2n) is 5.36. The average molecular weight is 411 g/mol. The highest BCUT2D eigenvalue weighted by Crippen LogP contribution is 2.20. The molecule has 11 heteroatoms. The Bertz CT molecular complexity index is 977. The van der Waals surface area contributed by atoms with Gasteiger partial charge in [-0.1, -0.05) is 23.7 Å². The molecule has 0 aliphatic heterocycles. The molecule has 1 amide bonds. The van der Waals surface area contributed by atoms with Crippen LogP contribution in [0, 0.1) is 10.1 Å². The van der Waals surface area contributed by atoms with Gasteiger partial charge in [-0.05, 0) is 30.3 Å². The molecular formula is C16H15ClN4O5S. The third-order valence-electron chi connectivity index (χ3n) is 3.33. The van der Waals surface area contributed by atoms with Crippen LogP contribution in [-0.2, 0) is 14.8 Å². The number of hydrogen-bond donors (Lipinski definition) is 1. The minimum Gasteiger partial charge on any atom is -0.271 e. The van der Waals surface area contributed by atoms with Crippen molar-refractivity contribution in [3.8, 4) is 0 Å². The van der Waals surface area contributed by atoms with Crippen LogP contribution in [0.1, 0.15) is 5.56 Å². The van der Waals surface area contributed by atoms with E-state index in [-0.39, 0.29) is 16.9 Å². The summed E-state index contributed by atoms with van der Waals surface area (Å²) < 4.78 is 24.8. The summed E-state index contributed by atoms with van der Waals surface area (Å²) in [5.74, 6) is -0.717. The molecule has 0 fully saturated rings. The number of sulfonamides is 1. The number of nitrogens with zero attached hydrogens (tertiary/aromatic N) is 3. The van der Waals surface area contributed by atoms with Crippen LogP contribution in [0.25, 0.3) is 0 Å². The fourth-order valence-corrected chi connectivity index (χ4v) is 3.09. The first-order chi connectivity index (χ1) is 12.7. The topological polar surface area (TPSA) is 122 Å². The van der Waals surface area contributed by atoms with Crippen LogP contribution in [0.2, 0.25) is 5.02 Å². The lowest BCUT2D eigenvalue weighted by atomic mass is 10.2. The van der Waals surface area contributed by atoms with Gasteiger partial charge in [0.2, 0.25) is 10.0 Å². The molecule has 0 unspecified atom stereocenters. The summed E-state index contributed by atoms with van der Waals surface area (Å²) >= 11 is 5.78. The first-order valence-corrected chi connectivity index (χ1v) is 9.69. The average Bonchev–Trinajstić information content (AvgIpc) is 2.60. The van der Waals surface area contributed by atoms with Crippen LogP contribution in [0.3, 0.4) is 0 Å². The van der Waals surface area contributed by atoms with Gasteiger partial charge < -0.3 is 0 Å². The van der Waals surface area contributed by atoms with E-state index in [0.717, 1.165) is 16.8 Å². The number of carbonyl (C=O) groups is 1. The van der Waals surface area contributed by atoms with Gasteiger partial charge in [0.25, 0.3) is 11.6 Å². The summed E-state index contributed by atoms with van der Waals surface area (Å²) in [4.78, 5) is 22.4. The number of hydrazone groups is 1. The number of carbonyl (C=O) groups excluding carboxylic acids is 1. The molecule has 0 radical (unpaired) electrons. The summed E-state index contributed by atoms with van der Waals surface area (Å²) in [6.45, 7) is -0.519. The quantitative estimate of drug-likeness (QED) is 0.425. The summed E-state index contributed by atoms with van der Waals surface area (Å²) in [6, 6.07) is 11.8. The molecule has 0 bridgehead atoms. The molecular weight excluding hydrogens is 396 g/mol. The number of anilines is 1. The minimum absolute atomic E-state index is 0.172. The van der Waals surface area contributed by atoms with Crippen molar-refractivity contribution in [2.24, 2.45) is 5.10 Å². The van der Waals surface area contributed by atoms with Gasteiger partial charge >= 0.3 is 0 Å². The Balaban J connectivity index is 2.11. The number of benzene rings is 2. The summed E-state index contributed by atoms with van der Waals surface area (Å²) in [5.41, 5.74) is 2.44. The maximum absolute atomic E-state index is 12.1. The first-order valence-electron chi connectivity index (χ1n) is 7.47. The number of hydrogen-bond acceptors (Lipinski definition) is 6. The van der Waals surface area contributed by atoms with E-state index in [2.05, 4.69) is 10.5 Å². The van der Waals surface area contributed by atoms with Crippen molar-refractivity contribution in [2.45, 2.75) is 0 Å². The fourth-order valence-electron chi connectivity index (χ4n) is 2.11. The maximum Gasteiger partial charge on any atom is 0.278 e. The monoisotopic (exact) mass is 410 g/mol. The van der Waals surface area contributed by atoms with E-state index >= 15 is 0 Å². The Morgan fingerprint density at radius 3 is 2.48 bits per heavy atom. The van der Waals surface area contributed by atoms with Crippen molar-refractivity contribution in [1.82, 2.24) is 5.43 Å². The predicted molar refractivity (Wildman–Crippen MR) is 102 cm³/mol. The van der Waals surface area contributed by atoms with Crippen LogP contribution in [0.4, 0.5) is 11.4 Å². The third kappa shape index (κ3) is 5.76. The molecule has 0 aliphatic rings. The minimum atomic E-state index is -3.73. The molecule has 0 aromatic heterocycles. The largest absolute Gasteiger partial charge is 0.278 e. The smallest absolute Gasteiger partial charge is 0.271 e. The van der Waals surface area contributed by atoms with Gasteiger partial charge in [-0.25, -0.2) is 13.8 Å². The lowest BCUT2D eigenvalue weighted by Crippen LogP contribution is -2.39. The lowest BCUT2D eigenvalue weighted by molar-refractivity contribution is -0.385. The van der Waals surface area contributed by atoms with E-state index in [1.165, 1.54) is 42.5 Å². The molecule has 0 aliphatic carbocycles. The second-order valence-corrected chi connectivity index (χ2v) is 7.70. The molecule has 2 aromatic rings. The van der Waals surface area contributed by atoms with Gasteiger partial charge in [-0.3, -0.25) is 19.2 Å². The second kappa shape index (κ2) is 8.60. The highest BCUT2D eigenvalue weighted by Gasteiger charge is 2.20. The lowest BCUT2D eigenvalue weighted by Gasteiger charge is -2.21. The standard InChI is InChI=1S/C16H15ClN4O5S/c1-27(25,26)20(14-8-6-13(17)7-9-14)11-16(22)19-18-10-12-4-2-3-5-15(12)21(23)24/h2-10H,11H2,1H3,(H,19,22)/b18-10-. The van der Waals surface area contributed by atoms with Crippen molar-refractivity contribution in [3.63, 3.8) is 0 Å². The van der Waals surface area contributed by atoms with Crippen molar-refractivity contribution < 1.29 is 18.1 Å². The number of halogens is 1. The van der Waals surface area contributed by atoms with Crippen molar-refractivity contribution in [2.75, 3.05) is 17.1 Å². The molecule has 0 saturated carbocycles. The molecule has 1 N–H and O–H groups in total. The van der Waals surface area contributed by atoms with Crippen molar-refractivity contribution in [1.29, 1.82) is 0 Å². The molecule has 0 saturated heterocycles. The summed E-state index contributed by atoms with van der Waals surface area (Å²) in [7, 11) is -3.73. The van der Waals surface area contributed by atoms with Gasteiger partial charge in [0, 0.05) is 11.1 Å². The van der Waals surface area contributed by atoms with E-state index < -0.39 is 27.4 Å². The van der Waals surface area contributed by atoms with Crippen LogP contribution in [-0.4, -0.2) is 38.3 Å². The van der Waals surface area contributed by atoms with E-state index in [9.17, 15) is 23.3 Å². The maximum atomic E-state index is 12.1. The molecule has 0 heterocycles. The van der Waals surface area contributed by atoms with Gasteiger partial charge in [0.15, 0.2) is 0 Å². The molecule has 2 rings (SSSR count). The molecule has 142 valence electrons. The Kier molecular flexibility index (Phi) is 6.48. The van der Waals surface area contributed by atoms with Gasteiger partial charge in [-0.15, -0.1) is 0 Å². The Labute approximate surface area is 160 Å². The highest BCUT2D eigenvalue weighted by molar-refractivity contribution is 7.92. The van der Waals surface area contributed by atoms with E-state index in [0.29, 0.717) is 5.02 Å². The molecule has 2 aromatic carbocycles. The van der Waals surface area contributed by atoms with Gasteiger partial charge in [0.1, 0.15) is 6.54 Å². The van der Waals surface area contributed by atoms with E-state index in [1.807, 2.05) is 0 Å². The van der Waals surface area contributed by atoms with Crippen LogP contribution >= 0.6 is 11.6 Å². The number of nitrogens with one attached hydrogen (secondary N) is 1. The first kappa shape index (κ1) is 20.3. The third-order valence-corrected chi connectivity index (χ3v) is 4.72. The Hall–Kier alpha value is -2.98. The predicted octanol–water partition coefficient (Wildman–Crippen LogP) is 2.16. The molecule has 9 nitrogen and oxygen atoms in total. The molecule has 0 spiro atoms. The Morgan fingerprint density at radius 2 is 1.89 bits per heavy atom. The zero-order valence-electron chi connectivity index (χ0n) is 14.1. The van der Waals surface area contributed by atoms with Crippen molar-refractivity contribution in [3.05, 3.63) is 69.2 Å². The van der Waals surface area contributed by atoms with Crippen LogP contribution < -0.4 is 9.73 Å². The number of rotatable bonds is 7. The number of nitro benzene ring substituents is 1.